The van der Waals surface area contributed by atoms with E-state index in [2.05, 4.69) is 10.9 Å². The zero-order valence-corrected chi connectivity index (χ0v) is 15.8. The lowest BCUT2D eigenvalue weighted by Gasteiger charge is -2.09. The first kappa shape index (κ1) is 21.0. The van der Waals surface area contributed by atoms with Crippen LogP contribution >= 0.6 is 0 Å². The predicted octanol–water partition coefficient (Wildman–Crippen LogP) is 2.41. The average Bonchev–Trinajstić information content (AvgIpc) is 2.74. The fourth-order valence-electron chi connectivity index (χ4n) is 2.25. The Morgan fingerprint density at radius 1 is 0.893 bits per heavy atom. The normalized spacial score (nSPS) is 10.0. The van der Waals surface area contributed by atoms with E-state index < -0.39 is 11.9 Å². The largest absolute Gasteiger partial charge is 0.484 e. The first-order valence-corrected chi connectivity index (χ1v) is 9.10. The Hall–Kier alpha value is -3.35. The number of benzene rings is 2. The fraction of sp³-hybridized carbons (Fsp3) is 0.286. The second kappa shape index (κ2) is 11.4. The van der Waals surface area contributed by atoms with Crippen LogP contribution in [-0.4, -0.2) is 31.0 Å². The zero-order valence-electron chi connectivity index (χ0n) is 15.8. The molecule has 0 aliphatic heterocycles. The lowest BCUT2D eigenvalue weighted by atomic mass is 10.1. The van der Waals surface area contributed by atoms with Crippen molar-refractivity contribution < 1.29 is 23.9 Å². The molecule has 2 N–H and O–H groups in total. The predicted molar refractivity (Wildman–Crippen MR) is 104 cm³/mol. The minimum Gasteiger partial charge on any atom is -0.484 e. The second-order valence-electron chi connectivity index (χ2n) is 6.03. The molecule has 2 aromatic rings. The van der Waals surface area contributed by atoms with E-state index in [4.69, 9.17) is 9.47 Å². The summed E-state index contributed by atoms with van der Waals surface area (Å²) in [6.07, 6.45) is 1.61. The quantitative estimate of drug-likeness (QED) is 0.512. The maximum Gasteiger partial charge on any atom is 0.338 e. The lowest BCUT2D eigenvalue weighted by Crippen LogP contribution is -2.43. The molecular formula is C21H24N2O5. The highest BCUT2D eigenvalue weighted by Crippen LogP contribution is 2.13. The zero-order chi connectivity index (χ0) is 20.2. The van der Waals surface area contributed by atoms with E-state index in [1.54, 1.807) is 24.3 Å². The molecule has 0 unspecified atom stereocenters. The van der Waals surface area contributed by atoms with Gasteiger partial charge in [0.1, 0.15) is 5.75 Å². The summed E-state index contributed by atoms with van der Waals surface area (Å²) in [5.41, 5.74) is 6.12. The smallest absolute Gasteiger partial charge is 0.338 e. The van der Waals surface area contributed by atoms with Gasteiger partial charge < -0.3 is 9.47 Å². The maximum atomic E-state index is 11.8. The third-order valence-corrected chi connectivity index (χ3v) is 3.72. The number of hydrazine groups is 1. The number of rotatable bonds is 9. The molecule has 2 aromatic carbocycles. The van der Waals surface area contributed by atoms with Gasteiger partial charge in [-0.2, -0.15) is 0 Å². The molecule has 0 bridgehead atoms. The number of hydrogen-bond acceptors (Lipinski definition) is 5. The second-order valence-corrected chi connectivity index (χ2v) is 6.03. The standard InChI is InChI=1S/C21H24N2O5/c1-2-14-27-21(26)17-9-11-18(12-10-17)28-15-20(25)23-22-19(24)13-8-16-6-4-3-5-7-16/h3-7,9-12H,2,8,13-15H2,1H3,(H,22,24)(H,23,25). The molecule has 0 atom stereocenters. The molecule has 28 heavy (non-hydrogen) atoms. The summed E-state index contributed by atoms with van der Waals surface area (Å²) in [7, 11) is 0. The number of nitrogens with one attached hydrogen (secondary N) is 2. The van der Waals surface area contributed by atoms with E-state index in [1.165, 1.54) is 0 Å². The SMILES string of the molecule is CCCOC(=O)c1ccc(OCC(=O)NNC(=O)CCc2ccccc2)cc1. The van der Waals surface area contributed by atoms with Gasteiger partial charge in [0, 0.05) is 6.42 Å². The average molecular weight is 384 g/mol. The summed E-state index contributed by atoms with van der Waals surface area (Å²) in [6.45, 7) is 2.02. The summed E-state index contributed by atoms with van der Waals surface area (Å²) >= 11 is 0. The van der Waals surface area contributed by atoms with Crippen molar-refractivity contribution in [2.75, 3.05) is 13.2 Å². The Morgan fingerprint density at radius 3 is 2.25 bits per heavy atom. The van der Waals surface area contributed by atoms with Gasteiger partial charge in [0.15, 0.2) is 6.61 Å². The van der Waals surface area contributed by atoms with Crippen LogP contribution in [-0.2, 0) is 20.7 Å². The number of carbonyl (C=O) groups excluding carboxylic acids is 3. The Morgan fingerprint density at radius 2 is 1.57 bits per heavy atom. The van der Waals surface area contributed by atoms with Gasteiger partial charge in [0.25, 0.3) is 5.91 Å². The van der Waals surface area contributed by atoms with Crippen molar-refractivity contribution in [2.24, 2.45) is 0 Å². The molecule has 0 heterocycles. The van der Waals surface area contributed by atoms with Crippen molar-refractivity contribution in [3.63, 3.8) is 0 Å². The third kappa shape index (κ3) is 7.49. The van der Waals surface area contributed by atoms with Gasteiger partial charge in [0.05, 0.1) is 12.2 Å². The molecule has 148 valence electrons. The third-order valence-electron chi connectivity index (χ3n) is 3.72. The molecule has 0 saturated heterocycles. The Labute approximate surface area is 164 Å². The first-order chi connectivity index (χ1) is 13.6. The van der Waals surface area contributed by atoms with Crippen LogP contribution in [0.5, 0.6) is 5.75 Å². The van der Waals surface area contributed by atoms with Gasteiger partial charge in [-0.25, -0.2) is 4.79 Å². The number of carbonyl (C=O) groups is 3. The highest BCUT2D eigenvalue weighted by molar-refractivity contribution is 5.89. The topological polar surface area (TPSA) is 93.7 Å². The molecule has 7 heteroatoms. The molecule has 0 aromatic heterocycles. The molecule has 2 rings (SSSR count). The van der Waals surface area contributed by atoms with Gasteiger partial charge in [-0.05, 0) is 42.7 Å². The summed E-state index contributed by atoms with van der Waals surface area (Å²) in [4.78, 5) is 35.2. The Bertz CT molecular complexity index is 775. The molecular weight excluding hydrogens is 360 g/mol. The summed E-state index contributed by atoms with van der Waals surface area (Å²) in [5.74, 6) is -0.742. The molecule has 2 amide bonds. The van der Waals surface area contributed by atoms with Crippen LogP contribution in [0, 0.1) is 0 Å². The Balaban J connectivity index is 1.66. The number of ether oxygens (including phenoxy) is 2. The highest BCUT2D eigenvalue weighted by atomic mass is 16.5. The van der Waals surface area contributed by atoms with Gasteiger partial charge >= 0.3 is 5.97 Å². The van der Waals surface area contributed by atoms with Crippen LogP contribution in [0.3, 0.4) is 0 Å². The van der Waals surface area contributed by atoms with Crippen molar-refractivity contribution in [3.05, 3.63) is 65.7 Å². The van der Waals surface area contributed by atoms with Crippen molar-refractivity contribution in [2.45, 2.75) is 26.2 Å². The molecule has 7 nitrogen and oxygen atoms in total. The molecule has 0 fully saturated rings. The first-order valence-electron chi connectivity index (χ1n) is 9.10. The number of amides is 2. The lowest BCUT2D eigenvalue weighted by molar-refractivity contribution is -0.130. The number of hydrogen-bond donors (Lipinski definition) is 2. The monoisotopic (exact) mass is 384 g/mol. The number of esters is 1. The van der Waals surface area contributed by atoms with Crippen LogP contribution in [0.1, 0.15) is 35.7 Å². The Kier molecular flexibility index (Phi) is 8.52. The van der Waals surface area contributed by atoms with Crippen molar-refractivity contribution in [3.8, 4) is 5.75 Å². The van der Waals surface area contributed by atoms with E-state index in [-0.39, 0.29) is 18.9 Å². The molecule has 0 saturated carbocycles. The summed E-state index contributed by atoms with van der Waals surface area (Å²) in [5, 5.41) is 0. The van der Waals surface area contributed by atoms with E-state index >= 15 is 0 Å². The van der Waals surface area contributed by atoms with Crippen LogP contribution in [0.25, 0.3) is 0 Å². The molecule has 0 spiro atoms. The van der Waals surface area contributed by atoms with Gasteiger partial charge in [-0.15, -0.1) is 0 Å². The maximum absolute atomic E-state index is 11.8. The minimum absolute atomic E-state index is 0.265. The van der Waals surface area contributed by atoms with Crippen molar-refractivity contribution in [1.82, 2.24) is 10.9 Å². The van der Waals surface area contributed by atoms with E-state index in [0.717, 1.165) is 12.0 Å². The van der Waals surface area contributed by atoms with Crippen molar-refractivity contribution in [1.29, 1.82) is 0 Å². The summed E-state index contributed by atoms with van der Waals surface area (Å²) < 4.78 is 10.4. The van der Waals surface area contributed by atoms with E-state index in [1.807, 2.05) is 37.3 Å². The van der Waals surface area contributed by atoms with Gasteiger partial charge in [-0.1, -0.05) is 37.3 Å². The highest BCUT2D eigenvalue weighted by Gasteiger charge is 2.08. The van der Waals surface area contributed by atoms with E-state index in [9.17, 15) is 14.4 Å². The van der Waals surface area contributed by atoms with Crippen LogP contribution in [0.2, 0.25) is 0 Å². The molecule has 0 radical (unpaired) electrons. The van der Waals surface area contributed by atoms with Crippen LogP contribution in [0.4, 0.5) is 0 Å². The fourth-order valence-corrected chi connectivity index (χ4v) is 2.25. The van der Waals surface area contributed by atoms with Gasteiger partial charge in [0.2, 0.25) is 5.91 Å². The number of aryl methyl sites for hydroxylation is 1. The van der Waals surface area contributed by atoms with Crippen molar-refractivity contribution >= 4 is 17.8 Å². The minimum atomic E-state index is -0.487. The van der Waals surface area contributed by atoms with Gasteiger partial charge in [-0.3, -0.25) is 20.4 Å². The van der Waals surface area contributed by atoms with Crippen LogP contribution in [0.15, 0.2) is 54.6 Å². The molecule has 0 aliphatic rings. The summed E-state index contributed by atoms with van der Waals surface area (Å²) in [6, 6.07) is 15.9. The van der Waals surface area contributed by atoms with Crippen LogP contribution < -0.4 is 15.6 Å². The van der Waals surface area contributed by atoms with E-state index in [0.29, 0.717) is 24.3 Å². The molecule has 0 aliphatic carbocycles.